The molecule has 1 aromatic carbocycles. The molecular formula is C18H13Cl2N2O3-. The highest BCUT2D eigenvalue weighted by molar-refractivity contribution is 6.35. The molecule has 1 N–H and O–H groups in total. The lowest BCUT2D eigenvalue weighted by atomic mass is 10.0. The van der Waals surface area contributed by atoms with Gasteiger partial charge in [0.15, 0.2) is 0 Å². The number of aromatic amines is 1. The van der Waals surface area contributed by atoms with Gasteiger partial charge in [0.2, 0.25) is 5.78 Å². The Morgan fingerprint density at radius 1 is 1.24 bits per heavy atom. The van der Waals surface area contributed by atoms with E-state index in [0.717, 1.165) is 5.56 Å². The van der Waals surface area contributed by atoms with Crippen molar-refractivity contribution in [1.29, 1.82) is 0 Å². The minimum Gasteiger partial charge on any atom is -0.550 e. The summed E-state index contributed by atoms with van der Waals surface area (Å²) in [5, 5.41) is 12.5. The monoisotopic (exact) mass is 375 g/mol. The predicted octanol–water partition coefficient (Wildman–Crippen LogP) is 2.96. The first-order chi connectivity index (χ1) is 11.9. The second kappa shape index (κ2) is 6.86. The number of H-pyrrole nitrogens is 1. The minimum atomic E-state index is -1.29. The molecule has 0 aliphatic carbocycles. The van der Waals surface area contributed by atoms with Crippen molar-refractivity contribution >= 4 is 45.9 Å². The number of ketones is 1. The van der Waals surface area contributed by atoms with E-state index in [0.29, 0.717) is 27.9 Å². The van der Waals surface area contributed by atoms with E-state index >= 15 is 0 Å². The number of aryl methyl sites for hydroxylation is 1. The van der Waals surface area contributed by atoms with Gasteiger partial charge in [0, 0.05) is 34.5 Å². The fourth-order valence-corrected chi connectivity index (χ4v) is 3.29. The summed E-state index contributed by atoms with van der Waals surface area (Å²) in [6.45, 7) is 1.92. The molecule has 0 fully saturated rings. The fourth-order valence-electron chi connectivity index (χ4n) is 2.78. The number of carbonyl (C=O) groups excluding carboxylic acids is 2. The van der Waals surface area contributed by atoms with E-state index in [1.54, 1.807) is 24.3 Å². The van der Waals surface area contributed by atoms with Crippen molar-refractivity contribution in [2.24, 2.45) is 0 Å². The third kappa shape index (κ3) is 3.25. The van der Waals surface area contributed by atoms with Crippen LogP contribution in [0.4, 0.5) is 0 Å². The Hall–Kier alpha value is -2.37. The molecule has 0 saturated heterocycles. The van der Waals surface area contributed by atoms with Crippen LogP contribution in [0.2, 0.25) is 10.0 Å². The van der Waals surface area contributed by atoms with Crippen LogP contribution in [0.25, 0.3) is 10.9 Å². The zero-order valence-electron chi connectivity index (χ0n) is 13.2. The van der Waals surface area contributed by atoms with E-state index in [-0.39, 0.29) is 16.4 Å². The number of nitrogens with zero attached hydrogens (tertiary/aromatic N) is 1. The zero-order chi connectivity index (χ0) is 18.1. The van der Waals surface area contributed by atoms with Gasteiger partial charge in [-0.05, 0) is 35.7 Å². The number of benzene rings is 1. The SMILES string of the molecule is CCc1ccnc(C(=O)c2[nH]c3cc(Cl)ccc3c2CC(=O)[O-])c1Cl. The number of aliphatic carboxylic acids is 1. The smallest absolute Gasteiger partial charge is 0.229 e. The van der Waals surface area contributed by atoms with Crippen molar-refractivity contribution in [3.63, 3.8) is 0 Å². The molecule has 0 aliphatic heterocycles. The molecule has 128 valence electrons. The van der Waals surface area contributed by atoms with Gasteiger partial charge in [-0.15, -0.1) is 0 Å². The molecule has 0 radical (unpaired) electrons. The van der Waals surface area contributed by atoms with Gasteiger partial charge in [-0.25, -0.2) is 0 Å². The number of rotatable bonds is 5. The third-order valence-corrected chi connectivity index (χ3v) is 4.64. The first-order valence-corrected chi connectivity index (χ1v) is 8.36. The van der Waals surface area contributed by atoms with Crippen molar-refractivity contribution < 1.29 is 14.7 Å². The first kappa shape index (κ1) is 17.5. The number of hydrogen-bond acceptors (Lipinski definition) is 4. The van der Waals surface area contributed by atoms with Crippen molar-refractivity contribution in [3.05, 3.63) is 63.0 Å². The average Bonchev–Trinajstić information content (AvgIpc) is 2.91. The number of pyridine rings is 1. The molecule has 0 spiro atoms. The predicted molar refractivity (Wildman–Crippen MR) is 94.1 cm³/mol. The number of nitrogens with one attached hydrogen (secondary N) is 1. The highest BCUT2D eigenvalue weighted by Gasteiger charge is 2.23. The number of halogens is 2. The molecule has 0 amide bonds. The summed E-state index contributed by atoms with van der Waals surface area (Å²) in [6, 6.07) is 6.67. The summed E-state index contributed by atoms with van der Waals surface area (Å²) in [4.78, 5) is 31.1. The van der Waals surface area contributed by atoms with Crippen LogP contribution in [-0.2, 0) is 17.6 Å². The van der Waals surface area contributed by atoms with Crippen molar-refractivity contribution in [2.75, 3.05) is 0 Å². The quantitative estimate of drug-likeness (QED) is 0.694. The molecular weight excluding hydrogens is 363 g/mol. The highest BCUT2D eigenvalue weighted by Crippen LogP contribution is 2.29. The lowest BCUT2D eigenvalue weighted by Gasteiger charge is -2.08. The largest absolute Gasteiger partial charge is 0.550 e. The van der Waals surface area contributed by atoms with Gasteiger partial charge in [0.05, 0.1) is 10.7 Å². The first-order valence-electron chi connectivity index (χ1n) is 7.60. The Labute approximate surface area is 153 Å². The van der Waals surface area contributed by atoms with Crippen molar-refractivity contribution in [2.45, 2.75) is 19.8 Å². The van der Waals surface area contributed by atoms with Crippen LogP contribution in [0.5, 0.6) is 0 Å². The second-order valence-corrected chi connectivity index (χ2v) is 6.35. The van der Waals surface area contributed by atoms with E-state index in [1.165, 1.54) is 6.20 Å². The lowest BCUT2D eigenvalue weighted by molar-refractivity contribution is -0.304. The number of hydrogen-bond donors (Lipinski definition) is 1. The van der Waals surface area contributed by atoms with Crippen LogP contribution in [-0.4, -0.2) is 21.7 Å². The summed E-state index contributed by atoms with van der Waals surface area (Å²) in [7, 11) is 0. The van der Waals surface area contributed by atoms with Gasteiger partial charge in [-0.3, -0.25) is 9.78 Å². The summed E-state index contributed by atoms with van der Waals surface area (Å²) in [5.41, 5.74) is 1.90. The molecule has 25 heavy (non-hydrogen) atoms. The number of carboxylic acid groups (broad SMARTS) is 1. The van der Waals surface area contributed by atoms with Crippen LogP contribution in [0.1, 0.15) is 34.2 Å². The van der Waals surface area contributed by atoms with E-state index < -0.39 is 18.2 Å². The van der Waals surface area contributed by atoms with Crippen LogP contribution in [0.15, 0.2) is 30.5 Å². The molecule has 5 nitrogen and oxygen atoms in total. The standard InChI is InChI=1S/C18H14Cl2N2O3/c1-2-9-5-6-21-17(15(9)20)18(25)16-12(8-14(23)24)11-4-3-10(19)7-13(11)22-16/h3-7,22H,2,8H2,1H3,(H,23,24)/p-1. The summed E-state index contributed by atoms with van der Waals surface area (Å²) in [5.74, 6) is -1.75. The zero-order valence-corrected chi connectivity index (χ0v) is 14.7. The number of carbonyl (C=O) groups is 2. The topological polar surface area (TPSA) is 85.9 Å². The molecule has 3 rings (SSSR count). The molecule has 3 aromatic rings. The minimum absolute atomic E-state index is 0.0817. The molecule has 2 heterocycles. The van der Waals surface area contributed by atoms with E-state index in [1.807, 2.05) is 6.92 Å². The molecule has 0 saturated carbocycles. The van der Waals surface area contributed by atoms with Crippen LogP contribution in [0.3, 0.4) is 0 Å². The Kier molecular flexibility index (Phi) is 4.79. The van der Waals surface area contributed by atoms with Gasteiger partial charge in [0.25, 0.3) is 0 Å². The van der Waals surface area contributed by atoms with Gasteiger partial charge in [0.1, 0.15) is 5.69 Å². The Balaban J connectivity index is 2.20. The maximum Gasteiger partial charge on any atom is 0.229 e. The molecule has 0 unspecified atom stereocenters. The maximum absolute atomic E-state index is 13.0. The van der Waals surface area contributed by atoms with Crippen LogP contribution < -0.4 is 5.11 Å². The third-order valence-electron chi connectivity index (χ3n) is 3.98. The molecule has 0 aliphatic rings. The number of aromatic nitrogens is 2. The average molecular weight is 376 g/mol. The molecule has 0 bridgehead atoms. The van der Waals surface area contributed by atoms with Gasteiger partial charge >= 0.3 is 0 Å². The van der Waals surface area contributed by atoms with E-state index in [2.05, 4.69) is 9.97 Å². The Bertz CT molecular complexity index is 995. The Morgan fingerprint density at radius 3 is 2.68 bits per heavy atom. The van der Waals surface area contributed by atoms with Crippen molar-refractivity contribution in [1.82, 2.24) is 9.97 Å². The van der Waals surface area contributed by atoms with Crippen molar-refractivity contribution in [3.8, 4) is 0 Å². The maximum atomic E-state index is 13.0. The van der Waals surface area contributed by atoms with E-state index in [9.17, 15) is 14.7 Å². The summed E-state index contributed by atoms with van der Waals surface area (Å²) >= 11 is 12.3. The second-order valence-electron chi connectivity index (χ2n) is 5.53. The summed E-state index contributed by atoms with van der Waals surface area (Å²) in [6.07, 6.45) is 1.75. The number of fused-ring (bicyclic) bond motifs is 1. The van der Waals surface area contributed by atoms with Gasteiger partial charge in [-0.1, -0.05) is 36.2 Å². The number of carboxylic acids is 1. The molecule has 0 atom stereocenters. The van der Waals surface area contributed by atoms with Crippen LogP contribution >= 0.6 is 23.2 Å². The highest BCUT2D eigenvalue weighted by atomic mass is 35.5. The Morgan fingerprint density at radius 2 is 2.00 bits per heavy atom. The molecule has 7 heteroatoms. The summed E-state index contributed by atoms with van der Waals surface area (Å²) < 4.78 is 0. The van der Waals surface area contributed by atoms with E-state index in [4.69, 9.17) is 23.2 Å². The van der Waals surface area contributed by atoms with Gasteiger partial charge < -0.3 is 14.9 Å². The van der Waals surface area contributed by atoms with Crippen LogP contribution in [0, 0.1) is 0 Å². The normalized spacial score (nSPS) is 11.0. The van der Waals surface area contributed by atoms with Gasteiger partial charge in [-0.2, -0.15) is 0 Å². The lowest BCUT2D eigenvalue weighted by Crippen LogP contribution is -2.25. The fraction of sp³-hybridized carbons (Fsp3) is 0.167. The molecule has 2 aromatic heterocycles.